The molecule has 1 aliphatic rings. The predicted molar refractivity (Wildman–Crippen MR) is 76.3 cm³/mol. The third kappa shape index (κ3) is 2.35. The van der Waals surface area contributed by atoms with Gasteiger partial charge in [-0.2, -0.15) is 5.10 Å². The maximum atomic E-state index is 4.41. The molecule has 2 heterocycles. The third-order valence-corrected chi connectivity index (χ3v) is 3.86. The molecule has 1 N–H and O–H groups in total. The molecular formula is C15H20N4. The molecule has 0 amide bonds. The molecule has 4 nitrogen and oxygen atoms in total. The fourth-order valence-electron chi connectivity index (χ4n) is 2.99. The first kappa shape index (κ1) is 12.2. The second-order valence-electron chi connectivity index (χ2n) is 5.26. The molecule has 4 heteroatoms. The van der Waals surface area contributed by atoms with E-state index >= 15 is 0 Å². The summed E-state index contributed by atoms with van der Waals surface area (Å²) in [5, 5.41) is 7.82. The first-order valence-electron chi connectivity index (χ1n) is 7.00. The van der Waals surface area contributed by atoms with Crippen LogP contribution < -0.4 is 5.32 Å². The molecule has 0 saturated carbocycles. The zero-order valence-electron chi connectivity index (χ0n) is 11.5. The number of nitrogens with zero attached hydrogens (tertiary/aromatic N) is 3. The van der Waals surface area contributed by atoms with Crippen LogP contribution in [0, 0.1) is 0 Å². The summed E-state index contributed by atoms with van der Waals surface area (Å²) in [6.45, 7) is 5.24. The van der Waals surface area contributed by atoms with E-state index in [-0.39, 0.29) is 0 Å². The molecule has 19 heavy (non-hydrogen) atoms. The SMILES string of the molecule is CCn1ncnc1CC1CC(C)Nc2ccccc21. The fourth-order valence-corrected chi connectivity index (χ4v) is 2.99. The quantitative estimate of drug-likeness (QED) is 0.918. The van der Waals surface area contributed by atoms with E-state index in [1.165, 1.54) is 11.3 Å². The van der Waals surface area contributed by atoms with Crippen molar-refractivity contribution >= 4 is 5.69 Å². The van der Waals surface area contributed by atoms with Gasteiger partial charge in [-0.15, -0.1) is 0 Å². The molecule has 0 bridgehead atoms. The molecule has 1 aromatic heterocycles. The van der Waals surface area contributed by atoms with E-state index in [2.05, 4.69) is 53.5 Å². The van der Waals surface area contributed by atoms with Gasteiger partial charge in [0.05, 0.1) is 0 Å². The molecular weight excluding hydrogens is 236 g/mol. The Labute approximate surface area is 113 Å². The Hall–Kier alpha value is -1.84. The van der Waals surface area contributed by atoms with E-state index in [1.54, 1.807) is 6.33 Å². The van der Waals surface area contributed by atoms with Gasteiger partial charge in [0, 0.05) is 24.7 Å². The third-order valence-electron chi connectivity index (χ3n) is 3.86. The second-order valence-corrected chi connectivity index (χ2v) is 5.26. The van der Waals surface area contributed by atoms with Gasteiger partial charge in [-0.05, 0) is 37.8 Å². The van der Waals surface area contributed by atoms with Gasteiger partial charge >= 0.3 is 0 Å². The van der Waals surface area contributed by atoms with Crippen molar-refractivity contribution < 1.29 is 0 Å². The normalized spacial score (nSPS) is 21.8. The van der Waals surface area contributed by atoms with E-state index in [4.69, 9.17) is 0 Å². The van der Waals surface area contributed by atoms with Gasteiger partial charge < -0.3 is 5.32 Å². The van der Waals surface area contributed by atoms with Crippen LogP contribution in [0.2, 0.25) is 0 Å². The van der Waals surface area contributed by atoms with Crippen LogP contribution in [0.25, 0.3) is 0 Å². The predicted octanol–water partition coefficient (Wildman–Crippen LogP) is 2.83. The Kier molecular flexibility index (Phi) is 3.23. The Morgan fingerprint density at radius 2 is 2.21 bits per heavy atom. The number of para-hydroxylation sites is 1. The highest BCUT2D eigenvalue weighted by atomic mass is 15.3. The van der Waals surface area contributed by atoms with Crippen molar-refractivity contribution in [2.45, 2.75) is 45.2 Å². The summed E-state index contributed by atoms with van der Waals surface area (Å²) in [7, 11) is 0. The maximum Gasteiger partial charge on any atom is 0.138 e. The molecule has 2 unspecified atom stereocenters. The van der Waals surface area contributed by atoms with E-state index in [0.717, 1.165) is 25.2 Å². The van der Waals surface area contributed by atoms with Crippen LogP contribution >= 0.6 is 0 Å². The van der Waals surface area contributed by atoms with Crippen molar-refractivity contribution in [1.82, 2.24) is 14.8 Å². The van der Waals surface area contributed by atoms with Crippen LogP contribution in [0.15, 0.2) is 30.6 Å². The lowest BCUT2D eigenvalue weighted by molar-refractivity contribution is 0.515. The van der Waals surface area contributed by atoms with Crippen molar-refractivity contribution in [3.8, 4) is 0 Å². The first-order valence-corrected chi connectivity index (χ1v) is 7.00. The summed E-state index contributed by atoms with van der Waals surface area (Å²) in [6, 6.07) is 9.12. The molecule has 2 atom stereocenters. The number of fused-ring (bicyclic) bond motifs is 1. The largest absolute Gasteiger partial charge is 0.382 e. The van der Waals surface area contributed by atoms with Crippen LogP contribution in [0.3, 0.4) is 0 Å². The Morgan fingerprint density at radius 1 is 1.37 bits per heavy atom. The zero-order chi connectivity index (χ0) is 13.2. The number of aryl methyl sites for hydroxylation is 1. The van der Waals surface area contributed by atoms with E-state index in [0.29, 0.717) is 12.0 Å². The van der Waals surface area contributed by atoms with Gasteiger partial charge in [-0.1, -0.05) is 18.2 Å². The topological polar surface area (TPSA) is 42.7 Å². The first-order chi connectivity index (χ1) is 9.28. The minimum absolute atomic E-state index is 0.512. The van der Waals surface area contributed by atoms with Gasteiger partial charge in [0.2, 0.25) is 0 Å². The maximum absolute atomic E-state index is 4.41. The summed E-state index contributed by atoms with van der Waals surface area (Å²) in [5.41, 5.74) is 2.68. The monoisotopic (exact) mass is 256 g/mol. The van der Waals surface area contributed by atoms with Crippen molar-refractivity contribution in [1.29, 1.82) is 0 Å². The number of rotatable bonds is 3. The van der Waals surface area contributed by atoms with Crippen molar-refractivity contribution in [2.24, 2.45) is 0 Å². The van der Waals surface area contributed by atoms with Crippen molar-refractivity contribution in [3.63, 3.8) is 0 Å². The summed E-state index contributed by atoms with van der Waals surface area (Å²) in [4.78, 5) is 4.41. The van der Waals surface area contributed by atoms with E-state index in [1.807, 2.05) is 4.68 Å². The number of benzene rings is 1. The number of hydrogen-bond acceptors (Lipinski definition) is 3. The Balaban J connectivity index is 1.89. The number of anilines is 1. The van der Waals surface area contributed by atoms with Gasteiger partial charge in [0.25, 0.3) is 0 Å². The second kappa shape index (κ2) is 5.03. The molecule has 0 radical (unpaired) electrons. The smallest absolute Gasteiger partial charge is 0.138 e. The van der Waals surface area contributed by atoms with Crippen molar-refractivity contribution in [3.05, 3.63) is 42.0 Å². The van der Waals surface area contributed by atoms with E-state index in [9.17, 15) is 0 Å². The molecule has 0 fully saturated rings. The molecule has 100 valence electrons. The van der Waals surface area contributed by atoms with Gasteiger partial charge in [-0.25, -0.2) is 4.98 Å². The fraction of sp³-hybridized carbons (Fsp3) is 0.467. The number of nitrogens with one attached hydrogen (secondary N) is 1. The molecule has 1 aromatic carbocycles. The number of aromatic nitrogens is 3. The van der Waals surface area contributed by atoms with Crippen LogP contribution in [0.4, 0.5) is 5.69 Å². The molecule has 0 aliphatic carbocycles. The van der Waals surface area contributed by atoms with Crippen LogP contribution in [0.5, 0.6) is 0 Å². The van der Waals surface area contributed by atoms with Crippen molar-refractivity contribution in [2.75, 3.05) is 5.32 Å². The van der Waals surface area contributed by atoms with Gasteiger partial charge in [0.1, 0.15) is 12.2 Å². The molecule has 0 saturated heterocycles. The standard InChI is InChI=1S/C15H20N4/c1-3-19-15(16-10-17-19)9-12-8-11(2)18-14-7-5-4-6-13(12)14/h4-7,10-12,18H,3,8-9H2,1-2H3. The Bertz CT molecular complexity index is 561. The van der Waals surface area contributed by atoms with Crippen LogP contribution in [-0.4, -0.2) is 20.8 Å². The molecule has 3 rings (SSSR count). The summed E-state index contributed by atoms with van der Waals surface area (Å²) < 4.78 is 2.00. The summed E-state index contributed by atoms with van der Waals surface area (Å²) in [6.07, 6.45) is 3.78. The summed E-state index contributed by atoms with van der Waals surface area (Å²) in [5.74, 6) is 1.62. The lowest BCUT2D eigenvalue weighted by atomic mass is 9.85. The minimum atomic E-state index is 0.512. The lowest BCUT2D eigenvalue weighted by Gasteiger charge is -2.31. The molecule has 0 spiro atoms. The highest BCUT2D eigenvalue weighted by Crippen LogP contribution is 2.35. The van der Waals surface area contributed by atoms with Gasteiger partial charge in [0.15, 0.2) is 0 Å². The Morgan fingerprint density at radius 3 is 3.05 bits per heavy atom. The van der Waals surface area contributed by atoms with Gasteiger partial charge in [-0.3, -0.25) is 4.68 Å². The minimum Gasteiger partial charge on any atom is -0.382 e. The molecule has 2 aromatic rings. The number of hydrogen-bond donors (Lipinski definition) is 1. The van der Waals surface area contributed by atoms with E-state index < -0.39 is 0 Å². The highest BCUT2D eigenvalue weighted by Gasteiger charge is 2.25. The van der Waals surface area contributed by atoms with Crippen LogP contribution in [0.1, 0.15) is 37.6 Å². The zero-order valence-corrected chi connectivity index (χ0v) is 11.5. The average molecular weight is 256 g/mol. The van der Waals surface area contributed by atoms with Crippen LogP contribution in [-0.2, 0) is 13.0 Å². The summed E-state index contributed by atoms with van der Waals surface area (Å²) >= 11 is 0. The lowest BCUT2D eigenvalue weighted by Crippen LogP contribution is -2.27. The highest BCUT2D eigenvalue weighted by molar-refractivity contribution is 5.55. The average Bonchev–Trinajstić information content (AvgIpc) is 2.86. The molecule has 1 aliphatic heterocycles.